The Morgan fingerprint density at radius 2 is 2.12 bits per heavy atom. The van der Waals surface area contributed by atoms with Crippen molar-refractivity contribution in [2.24, 2.45) is 5.10 Å². The number of likely N-dealkylation sites (N-methyl/N-ethyl adjacent to an activating group) is 2. The topological polar surface area (TPSA) is 158 Å². The number of anilines is 1. The molecule has 0 amide bonds. The highest BCUT2D eigenvalue weighted by Crippen LogP contribution is 2.28. The number of nitriles is 1. The fourth-order valence-electron chi connectivity index (χ4n) is 3.11. The van der Waals surface area contributed by atoms with Crippen molar-refractivity contribution in [3.8, 4) is 6.07 Å². The van der Waals surface area contributed by atoms with Gasteiger partial charge in [-0.25, -0.2) is 4.52 Å². The van der Waals surface area contributed by atoms with E-state index in [0.717, 1.165) is 6.07 Å². The van der Waals surface area contributed by atoms with Gasteiger partial charge in [0.25, 0.3) is 15.7 Å². The molecule has 0 saturated carbocycles. The van der Waals surface area contributed by atoms with Crippen LogP contribution in [0.5, 0.6) is 0 Å². The lowest BCUT2D eigenvalue weighted by atomic mass is 10.1. The van der Waals surface area contributed by atoms with Crippen molar-refractivity contribution >= 4 is 32.6 Å². The second-order valence-corrected chi connectivity index (χ2v) is 8.77. The minimum absolute atomic E-state index is 0.265. The van der Waals surface area contributed by atoms with Crippen molar-refractivity contribution in [1.29, 1.82) is 5.26 Å². The van der Waals surface area contributed by atoms with Crippen LogP contribution in [0.3, 0.4) is 0 Å². The summed E-state index contributed by atoms with van der Waals surface area (Å²) in [5, 5.41) is 31.5. The number of nitro benzene ring substituents is 1. The molecule has 0 unspecified atom stereocenters. The maximum atomic E-state index is 13.1. The third-order valence-corrected chi connectivity index (χ3v) is 6.16. The number of non-ortho nitro benzene ring substituents is 1. The Hall–Kier alpha value is -4.02. The number of hydrazone groups is 1. The minimum atomic E-state index is -4.25. The summed E-state index contributed by atoms with van der Waals surface area (Å²) in [5.74, 6) is 0. The minimum Gasteiger partial charge on any atom is -0.372 e. The number of fused-ring (bicyclic) bond motifs is 1. The fourth-order valence-corrected chi connectivity index (χ4v) is 4.24. The Morgan fingerprint density at radius 1 is 1.36 bits per heavy atom. The summed E-state index contributed by atoms with van der Waals surface area (Å²) in [5.41, 5.74) is 1.78. The Balaban J connectivity index is 1.99. The van der Waals surface area contributed by atoms with Gasteiger partial charge in [-0.05, 0) is 32.2 Å². The first kappa shape index (κ1) is 23.6. The van der Waals surface area contributed by atoms with Gasteiger partial charge in [-0.1, -0.05) is 0 Å². The van der Waals surface area contributed by atoms with E-state index in [2.05, 4.69) is 20.3 Å². The van der Waals surface area contributed by atoms with E-state index in [1.165, 1.54) is 18.3 Å². The molecule has 0 atom stereocenters. The van der Waals surface area contributed by atoms with Crippen LogP contribution >= 0.6 is 0 Å². The molecule has 3 rings (SSSR count). The van der Waals surface area contributed by atoms with Gasteiger partial charge in [0.05, 0.1) is 39.7 Å². The average molecular weight is 471 g/mol. The van der Waals surface area contributed by atoms with Gasteiger partial charge in [-0.2, -0.15) is 28.7 Å². The van der Waals surface area contributed by atoms with Crippen LogP contribution in [0.1, 0.15) is 18.1 Å². The van der Waals surface area contributed by atoms with Gasteiger partial charge in [0.1, 0.15) is 4.90 Å². The number of hydrogen-bond donors (Lipinski definition) is 2. The first-order chi connectivity index (χ1) is 15.7. The largest absolute Gasteiger partial charge is 0.372 e. The van der Waals surface area contributed by atoms with Crippen molar-refractivity contribution in [3.63, 3.8) is 0 Å². The van der Waals surface area contributed by atoms with Crippen molar-refractivity contribution in [2.45, 2.75) is 11.8 Å². The van der Waals surface area contributed by atoms with Crippen LogP contribution in [0, 0.1) is 21.4 Å². The molecule has 1 aromatic carbocycles. The van der Waals surface area contributed by atoms with E-state index in [1.807, 2.05) is 6.07 Å². The smallest absolute Gasteiger partial charge is 0.278 e. The molecular formula is C20H22N8O4S. The molecule has 3 aromatic rings. The molecule has 13 heteroatoms. The summed E-state index contributed by atoms with van der Waals surface area (Å²) in [6, 6.07) is 8.92. The summed E-state index contributed by atoms with van der Waals surface area (Å²) in [6.07, 6.45) is 3.12. The van der Waals surface area contributed by atoms with Gasteiger partial charge < -0.3 is 10.2 Å². The second-order valence-electron chi connectivity index (χ2n) is 7.14. The van der Waals surface area contributed by atoms with Crippen molar-refractivity contribution < 1.29 is 13.3 Å². The van der Waals surface area contributed by atoms with Crippen LogP contribution in [0.25, 0.3) is 5.52 Å². The Morgan fingerprint density at radius 3 is 2.79 bits per heavy atom. The third-order valence-electron chi connectivity index (χ3n) is 4.93. The number of nitrogens with zero attached hydrogens (tertiary/aromatic N) is 6. The predicted molar refractivity (Wildman–Crippen MR) is 123 cm³/mol. The van der Waals surface area contributed by atoms with Crippen LogP contribution in [0.4, 0.5) is 11.4 Å². The normalized spacial score (nSPS) is 11.9. The van der Waals surface area contributed by atoms with E-state index in [1.54, 1.807) is 48.8 Å². The molecule has 172 valence electrons. The predicted octanol–water partition coefficient (Wildman–Crippen LogP) is 1.47. The monoisotopic (exact) mass is 470 g/mol. The van der Waals surface area contributed by atoms with Crippen LogP contribution in [0.15, 0.2) is 52.7 Å². The Kier molecular flexibility index (Phi) is 6.90. The highest BCUT2D eigenvalue weighted by molar-refractivity contribution is 7.89. The quantitative estimate of drug-likeness (QED) is 0.270. The summed E-state index contributed by atoms with van der Waals surface area (Å²) in [4.78, 5) is 14.2. The van der Waals surface area contributed by atoms with Gasteiger partial charge in [0.15, 0.2) is 0 Å². The Labute approximate surface area is 190 Å². The average Bonchev–Trinajstić information content (AvgIpc) is 3.23. The lowest BCUT2D eigenvalue weighted by molar-refractivity contribution is -0.385. The zero-order valence-corrected chi connectivity index (χ0v) is 19.0. The maximum absolute atomic E-state index is 13.1. The van der Waals surface area contributed by atoms with Gasteiger partial charge in [-0.15, -0.1) is 0 Å². The first-order valence-corrected chi connectivity index (χ1v) is 11.2. The van der Waals surface area contributed by atoms with E-state index in [4.69, 9.17) is 5.26 Å². The lowest BCUT2D eigenvalue weighted by Gasteiger charge is -2.22. The lowest BCUT2D eigenvalue weighted by Crippen LogP contribution is -2.29. The Bertz CT molecular complexity index is 1370. The summed E-state index contributed by atoms with van der Waals surface area (Å²) in [6.45, 7) is 2.64. The molecule has 0 spiro atoms. The molecule has 0 fully saturated rings. The van der Waals surface area contributed by atoms with E-state index in [9.17, 15) is 18.5 Å². The number of aromatic nitrogens is 2. The van der Waals surface area contributed by atoms with Crippen molar-refractivity contribution in [1.82, 2.24) is 19.8 Å². The summed E-state index contributed by atoms with van der Waals surface area (Å²) >= 11 is 0. The first-order valence-electron chi connectivity index (χ1n) is 9.76. The highest BCUT2D eigenvalue weighted by Gasteiger charge is 2.24. The molecule has 0 bridgehead atoms. The van der Waals surface area contributed by atoms with E-state index >= 15 is 0 Å². The molecule has 0 radical (unpaired) electrons. The molecule has 12 nitrogen and oxygen atoms in total. The van der Waals surface area contributed by atoms with Crippen LogP contribution in [-0.4, -0.2) is 55.9 Å². The number of nitrogens with one attached hydrogen (secondary N) is 2. The molecule has 2 heterocycles. The molecule has 0 aliphatic heterocycles. The molecular weight excluding hydrogens is 448 g/mol. The maximum Gasteiger partial charge on any atom is 0.278 e. The molecule has 0 aliphatic rings. The number of pyridine rings is 1. The number of hydrogen-bond acceptors (Lipinski definition) is 9. The number of rotatable bonds is 9. The SMILES string of the molecule is CNCCN(C)c1ccc([N+](=O)[O-])cc1S(=O)(=O)N/N=C(\C)c1cnn2ccc(C#N)cc12. The molecule has 0 aliphatic carbocycles. The van der Waals surface area contributed by atoms with Crippen LogP contribution < -0.4 is 15.0 Å². The van der Waals surface area contributed by atoms with Crippen LogP contribution in [-0.2, 0) is 10.0 Å². The molecule has 0 saturated heterocycles. The van der Waals surface area contributed by atoms with E-state index in [0.29, 0.717) is 41.1 Å². The van der Waals surface area contributed by atoms with Crippen molar-refractivity contribution in [3.05, 3.63) is 64.0 Å². The zero-order chi connectivity index (χ0) is 24.2. The zero-order valence-electron chi connectivity index (χ0n) is 18.2. The highest BCUT2D eigenvalue weighted by atomic mass is 32.2. The second kappa shape index (κ2) is 9.63. The van der Waals surface area contributed by atoms with Gasteiger partial charge >= 0.3 is 0 Å². The van der Waals surface area contributed by atoms with Crippen LogP contribution in [0.2, 0.25) is 0 Å². The molecule has 33 heavy (non-hydrogen) atoms. The summed E-state index contributed by atoms with van der Waals surface area (Å²) < 4.78 is 27.7. The van der Waals surface area contributed by atoms with E-state index < -0.39 is 14.9 Å². The number of benzene rings is 1. The fraction of sp³-hybridized carbons (Fsp3) is 0.250. The number of sulfonamides is 1. The van der Waals surface area contributed by atoms with Gasteiger partial charge in [0, 0.05) is 44.0 Å². The van der Waals surface area contributed by atoms with Gasteiger partial charge in [0.2, 0.25) is 0 Å². The summed E-state index contributed by atoms with van der Waals surface area (Å²) in [7, 11) is -0.796. The van der Waals surface area contributed by atoms with Gasteiger partial charge in [-0.3, -0.25) is 10.1 Å². The third kappa shape index (κ3) is 5.08. The standard InChI is InChI=1S/C20H22N8O4S/c1-14(17-13-23-27-8-6-15(12-21)10-19(17)27)24-25-33(31,32)20-11-16(28(29)30)4-5-18(20)26(3)9-7-22-2/h4-6,8,10-11,13,22,25H,7,9H2,1-3H3/b24-14+. The number of nitro groups is 1. The molecule has 2 N–H and O–H groups in total. The van der Waals surface area contributed by atoms with E-state index in [-0.39, 0.29) is 10.6 Å². The van der Waals surface area contributed by atoms with Crippen molar-refractivity contribution in [2.75, 3.05) is 32.1 Å². The molecule has 2 aromatic heterocycles.